The lowest BCUT2D eigenvalue weighted by Crippen LogP contribution is -2.41. The van der Waals surface area contributed by atoms with Gasteiger partial charge in [-0.25, -0.2) is 9.29 Å². The molecule has 2 aromatic rings. The Morgan fingerprint density at radius 3 is 2.49 bits per heavy atom. The average molecular weight is 587 g/mol. The number of allylic oxidation sites excluding steroid dienone is 1. The molecule has 2 heterocycles. The fourth-order valence-electron chi connectivity index (χ4n) is 3.19. The van der Waals surface area contributed by atoms with Crippen LogP contribution in [0.4, 0.5) is 0 Å². The molecule has 214 valence electrons. The molecule has 1 saturated heterocycles. The van der Waals surface area contributed by atoms with Crippen LogP contribution in [0.5, 0.6) is 0 Å². The fraction of sp³-hybridized carbons (Fsp3) is 0.348. The van der Waals surface area contributed by atoms with Crippen LogP contribution in [0, 0.1) is 0 Å². The van der Waals surface area contributed by atoms with Crippen LogP contribution in [0.2, 0.25) is 0 Å². The van der Waals surface area contributed by atoms with Crippen LogP contribution < -0.4 is 0 Å². The monoisotopic (exact) mass is 587 g/mol. The standard InChI is InChI=1S/C20H25N3O11P2.C3H6/c1-22(10-16-21-9-14(32-16)13-5-3-2-4-6-13)17(25)7-8-23(12-24)20-19(27)18(26)15(33-20)11-31-36(30)34-35(28)29;1-3-2/h2-9,12,15,18-20,26-30H,10-11H2,1H3;3H,1H2,2H3/b8-7-;. The fourth-order valence-corrected chi connectivity index (χ4v) is 4.16. The van der Waals surface area contributed by atoms with Gasteiger partial charge in [0.2, 0.25) is 18.2 Å². The molecule has 1 aliphatic rings. The lowest BCUT2D eigenvalue weighted by molar-refractivity contribution is -0.132. The van der Waals surface area contributed by atoms with Gasteiger partial charge in [-0.05, 0) is 6.92 Å². The second kappa shape index (κ2) is 16.5. The molecule has 5 unspecified atom stereocenters. The van der Waals surface area contributed by atoms with E-state index in [-0.39, 0.29) is 6.54 Å². The van der Waals surface area contributed by atoms with Crippen LogP contribution in [0.15, 0.2) is 65.9 Å². The summed E-state index contributed by atoms with van der Waals surface area (Å²) >= 11 is 0. The maximum atomic E-state index is 12.5. The van der Waals surface area contributed by atoms with E-state index in [9.17, 15) is 24.7 Å². The normalized spacial score (nSPS) is 21.3. The molecule has 5 atom stereocenters. The number of aromatic nitrogens is 1. The van der Waals surface area contributed by atoms with Gasteiger partial charge in [-0.15, -0.1) is 6.58 Å². The molecule has 16 heteroatoms. The van der Waals surface area contributed by atoms with Crippen molar-refractivity contribution in [1.82, 2.24) is 14.8 Å². The van der Waals surface area contributed by atoms with Crippen molar-refractivity contribution in [2.75, 3.05) is 13.7 Å². The van der Waals surface area contributed by atoms with Gasteiger partial charge >= 0.3 is 17.2 Å². The van der Waals surface area contributed by atoms with Gasteiger partial charge in [-0.1, -0.05) is 36.4 Å². The number of carbonyl (C=O) groups is 2. The van der Waals surface area contributed by atoms with Crippen molar-refractivity contribution < 1.29 is 52.5 Å². The minimum absolute atomic E-state index is 0.0495. The summed E-state index contributed by atoms with van der Waals surface area (Å²) in [6, 6.07) is 9.31. The molecule has 0 radical (unpaired) electrons. The van der Waals surface area contributed by atoms with Gasteiger partial charge in [0.25, 0.3) is 0 Å². The smallest absolute Gasteiger partial charge is 0.337 e. The Morgan fingerprint density at radius 1 is 1.21 bits per heavy atom. The lowest BCUT2D eigenvalue weighted by Gasteiger charge is -2.23. The van der Waals surface area contributed by atoms with Crippen molar-refractivity contribution >= 4 is 29.5 Å². The third kappa shape index (κ3) is 10.1. The quantitative estimate of drug-likeness (QED) is 0.104. The van der Waals surface area contributed by atoms with Gasteiger partial charge < -0.3 is 43.5 Å². The highest BCUT2D eigenvalue weighted by molar-refractivity contribution is 7.54. The Morgan fingerprint density at radius 2 is 1.87 bits per heavy atom. The number of hydrogen-bond acceptors (Lipinski definition) is 12. The molecule has 1 aliphatic heterocycles. The second-order valence-electron chi connectivity index (χ2n) is 7.87. The molecular weight excluding hydrogens is 556 g/mol. The Hall–Kier alpha value is -2.61. The summed E-state index contributed by atoms with van der Waals surface area (Å²) in [5.74, 6) is 0.336. The number of nitrogens with zero attached hydrogens (tertiary/aromatic N) is 3. The van der Waals surface area contributed by atoms with Crippen molar-refractivity contribution in [3.8, 4) is 11.3 Å². The van der Waals surface area contributed by atoms with Gasteiger partial charge in [0.05, 0.1) is 19.3 Å². The van der Waals surface area contributed by atoms with Crippen LogP contribution in [0.3, 0.4) is 0 Å². The maximum absolute atomic E-state index is 12.5. The summed E-state index contributed by atoms with van der Waals surface area (Å²) in [7, 11) is -4.02. The van der Waals surface area contributed by atoms with E-state index in [0.29, 0.717) is 18.1 Å². The summed E-state index contributed by atoms with van der Waals surface area (Å²) in [6.07, 6.45) is 0.106. The maximum Gasteiger partial charge on any atom is 0.337 e. The zero-order valence-electron chi connectivity index (χ0n) is 21.1. The number of likely N-dealkylation sites (N-methyl/N-ethyl adjacent to an activating group) is 1. The summed E-state index contributed by atoms with van der Waals surface area (Å²) in [5.41, 5.74) is 0.836. The Labute approximate surface area is 227 Å². The van der Waals surface area contributed by atoms with Crippen molar-refractivity contribution in [3.05, 3.63) is 67.4 Å². The topological polar surface area (TPSA) is 195 Å². The van der Waals surface area contributed by atoms with Crippen molar-refractivity contribution in [2.45, 2.75) is 38.0 Å². The molecule has 3 rings (SSSR count). The second-order valence-corrected chi connectivity index (χ2v) is 9.76. The molecule has 1 aromatic carbocycles. The largest absolute Gasteiger partial charge is 0.439 e. The van der Waals surface area contributed by atoms with Gasteiger partial charge in [0, 0.05) is 24.9 Å². The van der Waals surface area contributed by atoms with E-state index in [2.05, 4.69) is 15.9 Å². The van der Waals surface area contributed by atoms with E-state index in [0.717, 1.165) is 22.7 Å². The Kier molecular flexibility index (Phi) is 13.8. The number of amides is 2. The molecule has 0 aliphatic carbocycles. The molecule has 5 N–H and O–H groups in total. The highest BCUT2D eigenvalue weighted by atomic mass is 31.2. The van der Waals surface area contributed by atoms with Crippen molar-refractivity contribution in [1.29, 1.82) is 0 Å². The molecule has 14 nitrogen and oxygen atoms in total. The molecule has 2 amide bonds. The zero-order chi connectivity index (χ0) is 28.9. The van der Waals surface area contributed by atoms with E-state index < -0.39 is 54.3 Å². The molecule has 0 bridgehead atoms. The lowest BCUT2D eigenvalue weighted by atomic mass is 10.1. The summed E-state index contributed by atoms with van der Waals surface area (Å²) < 4.78 is 20.2. The number of aliphatic hydroxyl groups excluding tert-OH is 2. The number of carbonyl (C=O) groups excluding carboxylic acids is 2. The van der Waals surface area contributed by atoms with Crippen LogP contribution >= 0.6 is 17.2 Å². The molecule has 0 spiro atoms. The van der Waals surface area contributed by atoms with Gasteiger partial charge in [-0.2, -0.15) is 0 Å². The summed E-state index contributed by atoms with van der Waals surface area (Å²) in [5, 5.41) is 20.4. The van der Waals surface area contributed by atoms with Gasteiger partial charge in [0.1, 0.15) is 18.3 Å². The van der Waals surface area contributed by atoms with E-state index in [1.54, 1.807) is 12.3 Å². The first kappa shape index (κ1) is 32.6. The number of rotatable bonds is 12. The Bertz CT molecular complexity index is 1070. The van der Waals surface area contributed by atoms with Crippen LogP contribution in [0.1, 0.15) is 12.8 Å². The van der Waals surface area contributed by atoms with E-state index in [4.69, 9.17) is 23.5 Å². The summed E-state index contributed by atoms with van der Waals surface area (Å²) in [4.78, 5) is 57.2. The minimum Gasteiger partial charge on any atom is -0.439 e. The minimum atomic E-state index is -2.86. The zero-order valence-corrected chi connectivity index (χ0v) is 22.9. The number of aliphatic hydroxyl groups is 2. The Balaban J connectivity index is 0.00000170. The molecule has 39 heavy (non-hydrogen) atoms. The highest BCUT2D eigenvalue weighted by Crippen LogP contribution is 2.46. The first-order chi connectivity index (χ1) is 18.6. The van der Waals surface area contributed by atoms with Crippen LogP contribution in [-0.4, -0.2) is 90.2 Å². The third-order valence-electron chi connectivity index (χ3n) is 4.99. The van der Waals surface area contributed by atoms with Crippen molar-refractivity contribution in [2.24, 2.45) is 0 Å². The molecule has 1 aromatic heterocycles. The van der Waals surface area contributed by atoms with Gasteiger partial charge in [-0.3, -0.25) is 14.5 Å². The molecule has 0 saturated carbocycles. The molecule has 1 fully saturated rings. The predicted molar refractivity (Wildman–Crippen MR) is 140 cm³/mol. The highest BCUT2D eigenvalue weighted by Gasteiger charge is 2.45. The number of benzene rings is 1. The summed E-state index contributed by atoms with van der Waals surface area (Å²) in [6.45, 7) is 4.81. The number of ether oxygens (including phenoxy) is 1. The number of hydrogen-bond donors (Lipinski definition) is 5. The van der Waals surface area contributed by atoms with E-state index in [1.165, 1.54) is 11.9 Å². The number of oxazole rings is 1. The van der Waals surface area contributed by atoms with E-state index >= 15 is 0 Å². The van der Waals surface area contributed by atoms with Crippen molar-refractivity contribution in [3.63, 3.8) is 0 Å². The third-order valence-corrected chi connectivity index (χ3v) is 6.51. The first-order valence-corrected chi connectivity index (χ1v) is 13.6. The SMILES string of the molecule is C=CC.CN(Cc1ncc(-c2ccccc2)o1)C(=O)/C=C\N(C=O)C1OC(COP(O)OP(O)O)C(O)C1O. The van der Waals surface area contributed by atoms with Crippen LogP contribution in [0.25, 0.3) is 11.3 Å². The first-order valence-electron chi connectivity index (χ1n) is 11.3. The van der Waals surface area contributed by atoms with Gasteiger partial charge in [0.15, 0.2) is 12.0 Å². The van der Waals surface area contributed by atoms with E-state index in [1.807, 2.05) is 37.3 Å². The van der Waals surface area contributed by atoms with Crippen LogP contribution in [-0.2, 0) is 29.7 Å². The molecular formula is C23H31N3O11P2. The predicted octanol–water partition coefficient (Wildman–Crippen LogP) is 1.38. The average Bonchev–Trinajstić information content (AvgIpc) is 3.48.